The van der Waals surface area contributed by atoms with Crippen LogP contribution in [-0.4, -0.2) is 18.1 Å². The topological polar surface area (TPSA) is 24.9 Å². The average molecular weight is 192 g/mol. The molecule has 0 spiro atoms. The SMILES string of the molecule is C1=C(c2nccs2)C[C@@H]2CNC[C@H]12. The van der Waals surface area contributed by atoms with Gasteiger partial charge in [0.1, 0.15) is 5.01 Å². The summed E-state index contributed by atoms with van der Waals surface area (Å²) in [5, 5.41) is 6.72. The number of aromatic nitrogens is 1. The van der Waals surface area contributed by atoms with E-state index in [1.54, 1.807) is 11.3 Å². The Hall–Kier alpha value is -0.670. The highest BCUT2D eigenvalue weighted by molar-refractivity contribution is 7.10. The van der Waals surface area contributed by atoms with Crippen LogP contribution in [0.25, 0.3) is 5.57 Å². The second-order valence-corrected chi connectivity index (χ2v) is 4.71. The molecule has 3 heteroatoms. The van der Waals surface area contributed by atoms with Gasteiger partial charge in [-0.3, -0.25) is 0 Å². The van der Waals surface area contributed by atoms with Crippen LogP contribution in [0.2, 0.25) is 0 Å². The smallest absolute Gasteiger partial charge is 0.118 e. The first-order chi connectivity index (χ1) is 6.43. The molecule has 0 bridgehead atoms. The van der Waals surface area contributed by atoms with E-state index in [1.807, 2.05) is 6.20 Å². The van der Waals surface area contributed by atoms with Crippen molar-refractivity contribution in [3.63, 3.8) is 0 Å². The third kappa shape index (κ3) is 1.23. The van der Waals surface area contributed by atoms with E-state index in [0.29, 0.717) is 0 Å². The lowest BCUT2D eigenvalue weighted by atomic mass is 10.00. The zero-order valence-corrected chi connectivity index (χ0v) is 8.18. The van der Waals surface area contributed by atoms with E-state index in [2.05, 4.69) is 21.8 Å². The Morgan fingerprint density at radius 1 is 1.46 bits per heavy atom. The molecule has 1 saturated heterocycles. The average Bonchev–Trinajstić information content (AvgIpc) is 2.78. The molecule has 13 heavy (non-hydrogen) atoms. The molecule has 1 N–H and O–H groups in total. The zero-order valence-electron chi connectivity index (χ0n) is 7.36. The summed E-state index contributed by atoms with van der Waals surface area (Å²) in [6, 6.07) is 0. The third-order valence-electron chi connectivity index (χ3n) is 3.00. The van der Waals surface area contributed by atoms with Crippen LogP contribution < -0.4 is 5.32 Å². The highest BCUT2D eigenvalue weighted by Crippen LogP contribution is 2.38. The lowest BCUT2D eigenvalue weighted by molar-refractivity contribution is 0.536. The van der Waals surface area contributed by atoms with Crippen LogP contribution in [-0.2, 0) is 0 Å². The molecule has 1 aromatic rings. The van der Waals surface area contributed by atoms with Crippen molar-refractivity contribution >= 4 is 16.9 Å². The molecule has 68 valence electrons. The van der Waals surface area contributed by atoms with Gasteiger partial charge in [0.15, 0.2) is 0 Å². The fourth-order valence-electron chi connectivity index (χ4n) is 2.32. The second kappa shape index (κ2) is 2.93. The minimum absolute atomic E-state index is 0.777. The molecule has 0 aromatic carbocycles. The Morgan fingerprint density at radius 3 is 3.23 bits per heavy atom. The predicted molar refractivity (Wildman–Crippen MR) is 54.6 cm³/mol. The molecule has 2 heterocycles. The second-order valence-electron chi connectivity index (χ2n) is 3.82. The van der Waals surface area contributed by atoms with E-state index >= 15 is 0 Å². The summed E-state index contributed by atoms with van der Waals surface area (Å²) in [6.45, 7) is 2.36. The van der Waals surface area contributed by atoms with Gasteiger partial charge in [-0.2, -0.15) is 0 Å². The minimum Gasteiger partial charge on any atom is -0.316 e. The van der Waals surface area contributed by atoms with Crippen molar-refractivity contribution in [3.8, 4) is 0 Å². The summed E-state index contributed by atoms with van der Waals surface area (Å²) in [4.78, 5) is 4.36. The number of fused-ring (bicyclic) bond motifs is 1. The first kappa shape index (κ1) is 7.71. The molecule has 2 nitrogen and oxygen atoms in total. The first-order valence-corrected chi connectivity index (χ1v) is 5.63. The van der Waals surface area contributed by atoms with Crippen LogP contribution in [0.15, 0.2) is 17.7 Å². The Labute approximate surface area is 81.7 Å². The van der Waals surface area contributed by atoms with E-state index in [9.17, 15) is 0 Å². The normalized spacial score (nSPS) is 31.8. The molecular formula is C10H12N2S. The van der Waals surface area contributed by atoms with E-state index in [0.717, 1.165) is 11.8 Å². The Kier molecular flexibility index (Phi) is 1.73. The molecule has 1 aromatic heterocycles. The highest BCUT2D eigenvalue weighted by atomic mass is 32.1. The van der Waals surface area contributed by atoms with Gasteiger partial charge >= 0.3 is 0 Å². The zero-order chi connectivity index (χ0) is 8.67. The molecule has 0 amide bonds. The number of hydrogen-bond donors (Lipinski definition) is 1. The molecule has 0 unspecified atom stereocenters. The summed E-state index contributed by atoms with van der Waals surface area (Å²) >= 11 is 1.76. The largest absolute Gasteiger partial charge is 0.316 e. The first-order valence-electron chi connectivity index (χ1n) is 4.75. The maximum atomic E-state index is 4.36. The Morgan fingerprint density at radius 2 is 2.46 bits per heavy atom. The van der Waals surface area contributed by atoms with Crippen molar-refractivity contribution in [1.82, 2.24) is 10.3 Å². The van der Waals surface area contributed by atoms with Crippen LogP contribution in [0.3, 0.4) is 0 Å². The third-order valence-corrected chi connectivity index (χ3v) is 3.85. The molecule has 0 saturated carbocycles. The van der Waals surface area contributed by atoms with Crippen molar-refractivity contribution in [2.75, 3.05) is 13.1 Å². The van der Waals surface area contributed by atoms with Gasteiger partial charge in [-0.1, -0.05) is 6.08 Å². The van der Waals surface area contributed by atoms with Gasteiger partial charge in [0.25, 0.3) is 0 Å². The molecular weight excluding hydrogens is 180 g/mol. The van der Waals surface area contributed by atoms with Gasteiger partial charge in [-0.05, 0) is 30.4 Å². The number of nitrogens with one attached hydrogen (secondary N) is 1. The number of thiazole rings is 1. The molecule has 1 aliphatic heterocycles. The number of rotatable bonds is 1. The number of hydrogen-bond acceptors (Lipinski definition) is 3. The lowest BCUT2D eigenvalue weighted by Gasteiger charge is -2.04. The van der Waals surface area contributed by atoms with E-state index in [1.165, 1.54) is 30.1 Å². The van der Waals surface area contributed by atoms with Crippen molar-refractivity contribution in [2.24, 2.45) is 11.8 Å². The Bertz CT molecular complexity index is 329. The summed E-state index contributed by atoms with van der Waals surface area (Å²) in [5.41, 5.74) is 1.48. The monoisotopic (exact) mass is 192 g/mol. The fourth-order valence-corrected chi connectivity index (χ4v) is 3.00. The van der Waals surface area contributed by atoms with Gasteiger partial charge in [0, 0.05) is 18.1 Å². The van der Waals surface area contributed by atoms with Crippen LogP contribution in [0.4, 0.5) is 0 Å². The highest BCUT2D eigenvalue weighted by Gasteiger charge is 2.32. The molecule has 2 aliphatic rings. The van der Waals surface area contributed by atoms with E-state index in [4.69, 9.17) is 0 Å². The van der Waals surface area contributed by atoms with Crippen molar-refractivity contribution in [2.45, 2.75) is 6.42 Å². The quantitative estimate of drug-likeness (QED) is 0.733. The van der Waals surface area contributed by atoms with Gasteiger partial charge in [0.05, 0.1) is 0 Å². The standard InChI is InChI=1S/C10H12N2S/c1-2-13-10(12-1)7-3-8-5-11-6-9(8)4-7/h1-3,8-9,11H,4-6H2/t8-,9+/m0/s1. The van der Waals surface area contributed by atoms with Gasteiger partial charge < -0.3 is 5.32 Å². The Balaban J connectivity index is 1.88. The fraction of sp³-hybridized carbons (Fsp3) is 0.500. The maximum Gasteiger partial charge on any atom is 0.118 e. The van der Waals surface area contributed by atoms with E-state index < -0.39 is 0 Å². The van der Waals surface area contributed by atoms with Crippen LogP contribution in [0.1, 0.15) is 11.4 Å². The van der Waals surface area contributed by atoms with Crippen molar-refractivity contribution in [1.29, 1.82) is 0 Å². The van der Waals surface area contributed by atoms with Gasteiger partial charge in [-0.15, -0.1) is 11.3 Å². The van der Waals surface area contributed by atoms with Gasteiger partial charge in [-0.25, -0.2) is 4.98 Å². The molecule has 3 rings (SSSR count). The minimum atomic E-state index is 0.777. The van der Waals surface area contributed by atoms with Crippen LogP contribution in [0, 0.1) is 11.8 Å². The van der Waals surface area contributed by atoms with Gasteiger partial charge in [0.2, 0.25) is 0 Å². The predicted octanol–water partition coefficient (Wildman–Crippen LogP) is 1.77. The van der Waals surface area contributed by atoms with E-state index in [-0.39, 0.29) is 0 Å². The molecule has 1 fully saturated rings. The van der Waals surface area contributed by atoms with Crippen molar-refractivity contribution < 1.29 is 0 Å². The summed E-state index contributed by atoms with van der Waals surface area (Å²) in [7, 11) is 0. The lowest BCUT2D eigenvalue weighted by Crippen LogP contribution is -2.09. The van der Waals surface area contributed by atoms with Crippen molar-refractivity contribution in [3.05, 3.63) is 22.7 Å². The molecule has 0 radical (unpaired) electrons. The van der Waals surface area contributed by atoms with Crippen LogP contribution in [0.5, 0.6) is 0 Å². The molecule has 2 atom stereocenters. The number of allylic oxidation sites excluding steroid dienone is 1. The maximum absolute atomic E-state index is 4.36. The summed E-state index contributed by atoms with van der Waals surface area (Å²) < 4.78 is 0. The number of nitrogens with zero attached hydrogens (tertiary/aromatic N) is 1. The molecule has 1 aliphatic carbocycles. The van der Waals surface area contributed by atoms with Crippen LogP contribution >= 0.6 is 11.3 Å². The summed E-state index contributed by atoms with van der Waals surface area (Å²) in [6.07, 6.45) is 5.54. The summed E-state index contributed by atoms with van der Waals surface area (Å²) in [5.74, 6) is 1.62.